The van der Waals surface area contributed by atoms with Gasteiger partial charge in [-0.25, -0.2) is 0 Å². The zero-order chi connectivity index (χ0) is 20.3. The van der Waals surface area contributed by atoms with Gasteiger partial charge in [0, 0.05) is 12.6 Å². The van der Waals surface area contributed by atoms with E-state index in [1.165, 1.54) is 23.3 Å². The topological polar surface area (TPSA) is 41.5 Å². The molecule has 0 aliphatic heterocycles. The zero-order valence-electron chi connectivity index (χ0n) is 16.5. The minimum atomic E-state index is -4.41. The summed E-state index contributed by atoms with van der Waals surface area (Å²) in [5.74, 6) is 1.14. The van der Waals surface area contributed by atoms with Gasteiger partial charge in [0.2, 0.25) is 0 Å². The van der Waals surface area contributed by atoms with Crippen molar-refractivity contribution in [3.63, 3.8) is 0 Å². The lowest BCUT2D eigenvalue weighted by atomic mass is 9.79. The SMILES string of the molecule is Br.COc1ccc2c(c1)CCCC2C(C)NCC(O)c1cccc(C(F)(F)F)c1. The molecule has 0 saturated heterocycles. The third-order valence-corrected chi connectivity index (χ3v) is 5.55. The zero-order valence-corrected chi connectivity index (χ0v) is 18.2. The number of halogens is 4. The number of fused-ring (bicyclic) bond motifs is 1. The molecule has 1 aliphatic rings. The van der Waals surface area contributed by atoms with E-state index in [2.05, 4.69) is 24.4 Å². The van der Waals surface area contributed by atoms with Crippen molar-refractivity contribution >= 4 is 17.0 Å². The van der Waals surface area contributed by atoms with Crippen LogP contribution in [0.5, 0.6) is 5.75 Å². The number of hydrogen-bond acceptors (Lipinski definition) is 3. The van der Waals surface area contributed by atoms with Crippen molar-refractivity contribution in [2.24, 2.45) is 0 Å². The van der Waals surface area contributed by atoms with Crippen molar-refractivity contribution in [2.75, 3.05) is 13.7 Å². The average Bonchev–Trinajstić information content (AvgIpc) is 2.70. The third kappa shape index (κ3) is 5.74. The van der Waals surface area contributed by atoms with E-state index in [0.717, 1.165) is 37.1 Å². The maximum atomic E-state index is 12.9. The van der Waals surface area contributed by atoms with Gasteiger partial charge >= 0.3 is 6.18 Å². The molecule has 0 bridgehead atoms. The van der Waals surface area contributed by atoms with Gasteiger partial charge in [-0.1, -0.05) is 18.2 Å². The van der Waals surface area contributed by atoms with Crippen molar-refractivity contribution < 1.29 is 23.0 Å². The normalized spacial score (nSPS) is 18.3. The van der Waals surface area contributed by atoms with Gasteiger partial charge in [0.25, 0.3) is 0 Å². The summed E-state index contributed by atoms with van der Waals surface area (Å²) in [5, 5.41) is 13.7. The first-order chi connectivity index (χ1) is 13.3. The van der Waals surface area contributed by atoms with Gasteiger partial charge in [0.1, 0.15) is 5.75 Å². The number of nitrogens with one attached hydrogen (secondary N) is 1. The summed E-state index contributed by atoms with van der Waals surface area (Å²) in [6, 6.07) is 11.1. The van der Waals surface area contributed by atoms with Crippen LogP contribution in [-0.2, 0) is 12.6 Å². The fourth-order valence-electron chi connectivity index (χ4n) is 3.95. The third-order valence-electron chi connectivity index (χ3n) is 5.55. The van der Waals surface area contributed by atoms with E-state index < -0.39 is 17.8 Å². The van der Waals surface area contributed by atoms with E-state index in [4.69, 9.17) is 4.74 Å². The molecule has 3 atom stereocenters. The van der Waals surface area contributed by atoms with Crippen molar-refractivity contribution in [3.05, 3.63) is 64.7 Å². The van der Waals surface area contributed by atoms with E-state index in [0.29, 0.717) is 5.92 Å². The number of aryl methyl sites for hydroxylation is 1. The van der Waals surface area contributed by atoms with Crippen LogP contribution in [0.1, 0.15) is 54.0 Å². The minimum absolute atomic E-state index is 0. The molecular weight excluding hydrogens is 447 g/mol. The predicted molar refractivity (Wildman–Crippen MR) is 113 cm³/mol. The van der Waals surface area contributed by atoms with Crippen molar-refractivity contribution in [2.45, 2.75) is 50.4 Å². The van der Waals surface area contributed by atoms with Crippen LogP contribution >= 0.6 is 17.0 Å². The van der Waals surface area contributed by atoms with E-state index in [1.807, 2.05) is 6.07 Å². The standard InChI is InChI=1S/C22H26F3NO2.BrH/c1-14(19-8-4-5-15-12-18(28-2)9-10-20(15)19)26-13-21(27)16-6-3-7-17(11-16)22(23,24)25;/h3,6-7,9-12,14,19,21,26-27H,4-5,8,13H2,1-2H3;1H. The molecular formula is C22H27BrF3NO2. The molecule has 2 aromatic rings. The Morgan fingerprint density at radius 2 is 1.97 bits per heavy atom. The number of benzene rings is 2. The minimum Gasteiger partial charge on any atom is -0.497 e. The van der Waals surface area contributed by atoms with Gasteiger partial charge in [-0.3, -0.25) is 0 Å². The molecule has 2 aromatic carbocycles. The number of rotatable bonds is 6. The van der Waals surface area contributed by atoms with Crippen LogP contribution in [0.4, 0.5) is 13.2 Å². The summed E-state index contributed by atoms with van der Waals surface area (Å²) in [5.41, 5.74) is 2.08. The fraction of sp³-hybridized carbons (Fsp3) is 0.455. The summed E-state index contributed by atoms with van der Waals surface area (Å²) >= 11 is 0. The smallest absolute Gasteiger partial charge is 0.416 e. The largest absolute Gasteiger partial charge is 0.497 e. The average molecular weight is 474 g/mol. The van der Waals surface area contributed by atoms with Gasteiger partial charge < -0.3 is 15.2 Å². The van der Waals surface area contributed by atoms with E-state index in [-0.39, 0.29) is 35.1 Å². The second-order valence-electron chi connectivity index (χ2n) is 7.40. The van der Waals surface area contributed by atoms with Crippen molar-refractivity contribution in [1.29, 1.82) is 0 Å². The van der Waals surface area contributed by atoms with E-state index in [9.17, 15) is 18.3 Å². The van der Waals surface area contributed by atoms with Crippen LogP contribution in [0.3, 0.4) is 0 Å². The fourth-order valence-corrected chi connectivity index (χ4v) is 3.95. The second kappa shape index (κ2) is 9.96. The molecule has 0 saturated carbocycles. The number of hydrogen-bond donors (Lipinski definition) is 2. The first-order valence-corrected chi connectivity index (χ1v) is 9.55. The summed E-state index contributed by atoms with van der Waals surface area (Å²) < 4.78 is 43.9. The second-order valence-corrected chi connectivity index (χ2v) is 7.40. The van der Waals surface area contributed by atoms with Crippen LogP contribution in [0.15, 0.2) is 42.5 Å². The summed E-state index contributed by atoms with van der Waals surface area (Å²) in [7, 11) is 1.65. The van der Waals surface area contributed by atoms with Crippen LogP contribution in [0.25, 0.3) is 0 Å². The maximum Gasteiger partial charge on any atom is 0.416 e. The Labute approximate surface area is 180 Å². The van der Waals surface area contributed by atoms with Crippen molar-refractivity contribution in [3.8, 4) is 5.75 Å². The van der Waals surface area contributed by atoms with Crippen LogP contribution in [-0.4, -0.2) is 24.8 Å². The number of aliphatic hydroxyl groups is 1. The molecule has 2 N–H and O–H groups in total. The lowest BCUT2D eigenvalue weighted by Gasteiger charge is -2.32. The molecule has 7 heteroatoms. The molecule has 0 amide bonds. The summed E-state index contributed by atoms with van der Waals surface area (Å²) in [4.78, 5) is 0. The lowest BCUT2D eigenvalue weighted by molar-refractivity contribution is -0.137. The monoisotopic (exact) mass is 473 g/mol. The Bertz CT molecular complexity index is 813. The van der Waals surface area contributed by atoms with Gasteiger partial charge in [0.05, 0.1) is 18.8 Å². The van der Waals surface area contributed by atoms with E-state index >= 15 is 0 Å². The van der Waals surface area contributed by atoms with Crippen LogP contribution in [0, 0.1) is 0 Å². The Kier molecular flexibility index (Phi) is 8.14. The highest BCUT2D eigenvalue weighted by molar-refractivity contribution is 8.93. The molecule has 29 heavy (non-hydrogen) atoms. The summed E-state index contributed by atoms with van der Waals surface area (Å²) in [6.45, 7) is 2.26. The number of aliphatic hydroxyl groups excluding tert-OH is 1. The molecule has 3 rings (SSSR count). The highest BCUT2D eigenvalue weighted by Crippen LogP contribution is 2.36. The first-order valence-electron chi connectivity index (χ1n) is 9.55. The molecule has 0 fully saturated rings. The Balaban J connectivity index is 0.00000300. The van der Waals surface area contributed by atoms with E-state index in [1.54, 1.807) is 7.11 Å². The molecule has 160 valence electrons. The lowest BCUT2D eigenvalue weighted by Crippen LogP contribution is -2.36. The molecule has 3 unspecified atom stereocenters. The van der Waals surface area contributed by atoms with Gasteiger partial charge in [0.15, 0.2) is 0 Å². The van der Waals surface area contributed by atoms with Crippen molar-refractivity contribution in [1.82, 2.24) is 5.32 Å². The predicted octanol–water partition coefficient (Wildman–Crippen LogP) is 5.42. The maximum absolute atomic E-state index is 12.9. The molecule has 0 spiro atoms. The van der Waals surface area contributed by atoms with Crippen LogP contribution < -0.4 is 10.1 Å². The molecule has 0 heterocycles. The van der Waals surface area contributed by atoms with Gasteiger partial charge in [-0.2, -0.15) is 13.2 Å². The Hall–Kier alpha value is -1.57. The van der Waals surface area contributed by atoms with Crippen LogP contribution in [0.2, 0.25) is 0 Å². The van der Waals surface area contributed by atoms with Gasteiger partial charge in [-0.15, -0.1) is 17.0 Å². The number of methoxy groups -OCH3 is 1. The molecule has 0 radical (unpaired) electrons. The first kappa shape index (κ1) is 23.7. The van der Waals surface area contributed by atoms with Gasteiger partial charge in [-0.05, 0) is 73.1 Å². The number of ether oxygens (including phenoxy) is 1. The number of alkyl halides is 3. The Morgan fingerprint density at radius 3 is 2.66 bits per heavy atom. The molecule has 1 aliphatic carbocycles. The Morgan fingerprint density at radius 1 is 1.21 bits per heavy atom. The summed E-state index contributed by atoms with van der Waals surface area (Å²) in [6.07, 6.45) is -2.28. The quantitative estimate of drug-likeness (QED) is 0.588. The molecule has 0 aromatic heterocycles. The highest BCUT2D eigenvalue weighted by atomic mass is 79.9. The highest BCUT2D eigenvalue weighted by Gasteiger charge is 2.31. The molecule has 3 nitrogen and oxygen atoms in total.